The number of nitrogens with zero attached hydrogens (tertiary/aromatic N) is 1. The van der Waals surface area contributed by atoms with Crippen LogP contribution in [0.25, 0.3) is 0 Å². The fourth-order valence-corrected chi connectivity index (χ4v) is 1.04. The molecule has 0 radical (unpaired) electrons. The molecule has 0 bridgehead atoms. The van der Waals surface area contributed by atoms with E-state index in [1.54, 1.807) is 0 Å². The molecule has 0 aliphatic heterocycles. The lowest BCUT2D eigenvalue weighted by atomic mass is 10.4. The zero-order valence-electron chi connectivity index (χ0n) is 6.93. The standard InChI is InChI=1S/C7H5BrF3NO2/c1-13-6-4(14-7(10)11)2-3(9)5(8)12-6/h2,7H,1H3. The van der Waals surface area contributed by atoms with Crippen molar-refractivity contribution in [2.24, 2.45) is 0 Å². The minimum absolute atomic E-state index is 0.129. The van der Waals surface area contributed by atoms with Crippen molar-refractivity contribution in [1.82, 2.24) is 4.98 Å². The fraction of sp³-hybridized carbons (Fsp3) is 0.286. The van der Waals surface area contributed by atoms with Gasteiger partial charge in [-0.1, -0.05) is 0 Å². The van der Waals surface area contributed by atoms with Gasteiger partial charge < -0.3 is 9.47 Å². The highest BCUT2D eigenvalue weighted by atomic mass is 79.9. The van der Waals surface area contributed by atoms with Crippen molar-refractivity contribution in [2.75, 3.05) is 7.11 Å². The minimum atomic E-state index is -3.05. The van der Waals surface area contributed by atoms with Crippen LogP contribution in [0.15, 0.2) is 10.7 Å². The second-order valence-electron chi connectivity index (χ2n) is 2.15. The predicted octanol–water partition coefficient (Wildman–Crippen LogP) is 2.59. The smallest absolute Gasteiger partial charge is 0.387 e. The lowest BCUT2D eigenvalue weighted by molar-refractivity contribution is -0.0517. The molecule has 7 heteroatoms. The molecular formula is C7H5BrF3NO2. The minimum Gasteiger partial charge on any atom is -0.478 e. The summed E-state index contributed by atoms with van der Waals surface area (Å²) < 4.78 is 45.0. The molecule has 14 heavy (non-hydrogen) atoms. The Bertz CT molecular complexity index is 335. The van der Waals surface area contributed by atoms with Crippen LogP contribution in [-0.2, 0) is 0 Å². The van der Waals surface area contributed by atoms with E-state index in [4.69, 9.17) is 0 Å². The Kier molecular flexibility index (Phi) is 3.56. The molecule has 0 spiro atoms. The number of hydrogen-bond acceptors (Lipinski definition) is 3. The summed E-state index contributed by atoms with van der Waals surface area (Å²) in [7, 11) is 1.21. The van der Waals surface area contributed by atoms with Gasteiger partial charge in [0.05, 0.1) is 7.11 Å². The van der Waals surface area contributed by atoms with Crippen molar-refractivity contribution in [3.8, 4) is 11.6 Å². The monoisotopic (exact) mass is 271 g/mol. The Labute approximate surface area is 86.0 Å². The lowest BCUT2D eigenvalue weighted by Crippen LogP contribution is -2.05. The summed E-state index contributed by atoms with van der Waals surface area (Å²) in [6, 6.07) is 0.766. The normalized spacial score (nSPS) is 10.4. The van der Waals surface area contributed by atoms with E-state index in [0.717, 1.165) is 6.07 Å². The Morgan fingerprint density at radius 1 is 1.50 bits per heavy atom. The molecule has 0 saturated carbocycles. The van der Waals surface area contributed by atoms with Gasteiger partial charge in [0.25, 0.3) is 5.88 Å². The number of alkyl halides is 2. The molecule has 1 heterocycles. The zero-order chi connectivity index (χ0) is 10.7. The van der Waals surface area contributed by atoms with Crippen molar-refractivity contribution in [3.05, 3.63) is 16.5 Å². The lowest BCUT2D eigenvalue weighted by Gasteiger charge is -2.08. The molecule has 0 amide bonds. The van der Waals surface area contributed by atoms with Crippen molar-refractivity contribution in [2.45, 2.75) is 6.61 Å². The van der Waals surface area contributed by atoms with Gasteiger partial charge >= 0.3 is 6.61 Å². The van der Waals surface area contributed by atoms with E-state index < -0.39 is 18.2 Å². The van der Waals surface area contributed by atoms with Crippen LogP contribution in [0.3, 0.4) is 0 Å². The average molecular weight is 272 g/mol. The van der Waals surface area contributed by atoms with E-state index >= 15 is 0 Å². The Morgan fingerprint density at radius 3 is 2.64 bits per heavy atom. The van der Waals surface area contributed by atoms with Crippen molar-refractivity contribution >= 4 is 15.9 Å². The first-order valence-electron chi connectivity index (χ1n) is 3.39. The third kappa shape index (κ3) is 2.50. The highest BCUT2D eigenvalue weighted by Gasteiger charge is 2.15. The second-order valence-corrected chi connectivity index (χ2v) is 2.90. The maximum absolute atomic E-state index is 12.9. The van der Waals surface area contributed by atoms with Gasteiger partial charge in [-0.15, -0.1) is 0 Å². The number of hydrogen-bond donors (Lipinski definition) is 0. The van der Waals surface area contributed by atoms with Crippen LogP contribution in [-0.4, -0.2) is 18.7 Å². The molecule has 0 saturated heterocycles. The van der Waals surface area contributed by atoms with Crippen molar-refractivity contribution in [3.63, 3.8) is 0 Å². The maximum Gasteiger partial charge on any atom is 0.387 e. The first-order chi connectivity index (χ1) is 6.54. The summed E-state index contributed by atoms with van der Waals surface area (Å²) in [5, 5.41) is 0. The van der Waals surface area contributed by atoms with Crippen LogP contribution >= 0.6 is 15.9 Å². The topological polar surface area (TPSA) is 31.4 Å². The summed E-state index contributed by atoms with van der Waals surface area (Å²) in [6.45, 7) is -3.05. The fourth-order valence-electron chi connectivity index (χ4n) is 0.761. The predicted molar refractivity (Wildman–Crippen MR) is 45.1 cm³/mol. The van der Waals surface area contributed by atoms with Crippen LogP contribution in [0.1, 0.15) is 0 Å². The molecule has 1 aromatic heterocycles. The van der Waals surface area contributed by atoms with Gasteiger partial charge in [-0.25, -0.2) is 9.37 Å². The van der Waals surface area contributed by atoms with E-state index in [1.165, 1.54) is 7.11 Å². The Balaban J connectivity index is 3.07. The average Bonchev–Trinajstić information content (AvgIpc) is 2.10. The first-order valence-corrected chi connectivity index (χ1v) is 4.18. The van der Waals surface area contributed by atoms with Crippen LogP contribution in [0.2, 0.25) is 0 Å². The van der Waals surface area contributed by atoms with Crippen LogP contribution < -0.4 is 9.47 Å². The number of methoxy groups -OCH3 is 1. The van der Waals surface area contributed by atoms with Crippen molar-refractivity contribution in [1.29, 1.82) is 0 Å². The molecule has 0 atom stereocenters. The van der Waals surface area contributed by atoms with E-state index in [9.17, 15) is 13.2 Å². The number of aromatic nitrogens is 1. The first kappa shape index (κ1) is 11.1. The van der Waals surface area contributed by atoms with Gasteiger partial charge in [0.15, 0.2) is 11.6 Å². The molecule has 1 rings (SSSR count). The third-order valence-corrected chi connectivity index (χ3v) is 1.83. The number of halogens is 4. The SMILES string of the molecule is COc1nc(Br)c(F)cc1OC(F)F. The zero-order valence-corrected chi connectivity index (χ0v) is 8.52. The van der Waals surface area contributed by atoms with Gasteiger partial charge in [0.2, 0.25) is 0 Å². The molecule has 78 valence electrons. The van der Waals surface area contributed by atoms with Gasteiger partial charge in [0, 0.05) is 6.07 Å². The van der Waals surface area contributed by atoms with Crippen LogP contribution in [0.5, 0.6) is 11.6 Å². The molecular weight excluding hydrogens is 267 g/mol. The third-order valence-electron chi connectivity index (χ3n) is 1.27. The van der Waals surface area contributed by atoms with E-state index in [1.807, 2.05) is 0 Å². The van der Waals surface area contributed by atoms with Crippen LogP contribution in [0, 0.1) is 5.82 Å². The summed E-state index contributed by atoms with van der Waals surface area (Å²) in [6.07, 6.45) is 0. The molecule has 3 nitrogen and oxygen atoms in total. The molecule has 0 unspecified atom stereocenters. The largest absolute Gasteiger partial charge is 0.478 e. The van der Waals surface area contributed by atoms with E-state index in [2.05, 4.69) is 30.4 Å². The number of ether oxygens (including phenoxy) is 2. The Morgan fingerprint density at radius 2 is 2.14 bits per heavy atom. The summed E-state index contributed by atoms with van der Waals surface area (Å²) in [5.74, 6) is -1.46. The quantitative estimate of drug-likeness (QED) is 0.792. The second kappa shape index (κ2) is 4.50. The summed E-state index contributed by atoms with van der Waals surface area (Å²) >= 11 is 2.78. The van der Waals surface area contributed by atoms with Gasteiger partial charge in [0.1, 0.15) is 4.60 Å². The molecule has 0 aromatic carbocycles. The van der Waals surface area contributed by atoms with E-state index in [-0.39, 0.29) is 10.5 Å². The van der Waals surface area contributed by atoms with Gasteiger partial charge in [-0.3, -0.25) is 0 Å². The molecule has 0 aliphatic rings. The summed E-state index contributed by atoms with van der Waals surface area (Å²) in [5.41, 5.74) is 0. The molecule has 0 fully saturated rings. The number of pyridine rings is 1. The number of rotatable bonds is 3. The molecule has 0 N–H and O–H groups in total. The molecule has 1 aromatic rings. The maximum atomic E-state index is 12.9. The molecule has 0 aliphatic carbocycles. The van der Waals surface area contributed by atoms with Crippen LogP contribution in [0.4, 0.5) is 13.2 Å². The Hall–Kier alpha value is -0.980. The highest BCUT2D eigenvalue weighted by Crippen LogP contribution is 2.29. The van der Waals surface area contributed by atoms with Crippen molar-refractivity contribution < 1.29 is 22.6 Å². The highest BCUT2D eigenvalue weighted by molar-refractivity contribution is 9.10. The van der Waals surface area contributed by atoms with E-state index in [0.29, 0.717) is 0 Å². The van der Waals surface area contributed by atoms with Gasteiger partial charge in [-0.05, 0) is 15.9 Å². The van der Waals surface area contributed by atoms with Gasteiger partial charge in [-0.2, -0.15) is 8.78 Å². The summed E-state index contributed by atoms with van der Waals surface area (Å²) in [4.78, 5) is 3.51.